The van der Waals surface area contributed by atoms with E-state index < -0.39 is 0 Å². The van der Waals surface area contributed by atoms with E-state index in [1.165, 1.54) is 11.3 Å². The van der Waals surface area contributed by atoms with Crippen LogP contribution in [0.4, 0.5) is 0 Å². The minimum absolute atomic E-state index is 0.703. The number of hydrogen-bond donors (Lipinski definition) is 1. The molecular weight excluding hydrogens is 286 g/mol. The van der Waals surface area contributed by atoms with Crippen molar-refractivity contribution in [3.05, 3.63) is 52.3 Å². The largest absolute Gasteiger partial charge is 0.341 e. The first-order valence-electron chi connectivity index (χ1n) is 6.37. The number of aromatic amines is 1. The summed E-state index contributed by atoms with van der Waals surface area (Å²) in [5.41, 5.74) is 4.19. The molecule has 0 radical (unpaired) electrons. The molecule has 0 fully saturated rings. The zero-order valence-electron chi connectivity index (χ0n) is 10.6. The average Bonchev–Trinajstić information content (AvgIpc) is 2.96. The zero-order valence-corrected chi connectivity index (χ0v) is 12.2. The van der Waals surface area contributed by atoms with Gasteiger partial charge in [-0.3, -0.25) is 0 Å². The molecule has 4 rings (SSSR count). The van der Waals surface area contributed by atoms with Gasteiger partial charge in [0.25, 0.3) is 0 Å². The van der Waals surface area contributed by atoms with Crippen LogP contribution in [0, 0.1) is 4.64 Å². The Morgan fingerprint density at radius 1 is 1.05 bits per heavy atom. The van der Waals surface area contributed by atoms with Crippen LogP contribution in [0.3, 0.4) is 0 Å². The van der Waals surface area contributed by atoms with E-state index in [4.69, 9.17) is 12.2 Å². The molecule has 1 aliphatic rings. The summed E-state index contributed by atoms with van der Waals surface area (Å²) < 4.78 is 0.703. The molecule has 0 amide bonds. The fourth-order valence-electron chi connectivity index (χ4n) is 2.39. The highest BCUT2D eigenvalue weighted by Gasteiger charge is 2.16. The van der Waals surface area contributed by atoms with Crippen molar-refractivity contribution in [3.63, 3.8) is 0 Å². The fraction of sp³-hybridized carbons (Fsp3) is 0.133. The first-order valence-corrected chi connectivity index (χ1v) is 7.93. The molecule has 2 aromatic heterocycles. The van der Waals surface area contributed by atoms with Crippen molar-refractivity contribution in [2.45, 2.75) is 11.5 Å². The van der Waals surface area contributed by atoms with Crippen molar-refractivity contribution in [3.8, 4) is 11.5 Å². The topological polar surface area (TPSA) is 41.6 Å². The second-order valence-electron chi connectivity index (χ2n) is 4.73. The lowest BCUT2D eigenvalue weighted by Crippen LogP contribution is -1.98. The molecule has 0 saturated heterocycles. The number of benzene rings is 1. The van der Waals surface area contributed by atoms with Gasteiger partial charge in [-0.2, -0.15) is 11.8 Å². The van der Waals surface area contributed by atoms with Gasteiger partial charge < -0.3 is 4.98 Å². The number of H-pyrrole nitrogens is 1. The van der Waals surface area contributed by atoms with Crippen molar-refractivity contribution in [1.82, 2.24) is 15.0 Å². The number of rotatable bonds is 1. The summed E-state index contributed by atoms with van der Waals surface area (Å²) in [7, 11) is 0. The van der Waals surface area contributed by atoms with Crippen LogP contribution < -0.4 is 0 Å². The second-order valence-corrected chi connectivity index (χ2v) is 6.10. The third-order valence-electron chi connectivity index (χ3n) is 3.44. The lowest BCUT2D eigenvalue weighted by Gasteiger charge is -2.05. The first kappa shape index (κ1) is 12.1. The predicted molar refractivity (Wildman–Crippen MR) is 85.2 cm³/mol. The number of nitrogens with zero attached hydrogens (tertiary/aromatic N) is 2. The number of pyridine rings is 1. The summed E-state index contributed by atoms with van der Waals surface area (Å²) in [4.78, 5) is 12.6. The van der Waals surface area contributed by atoms with E-state index in [2.05, 4.69) is 27.1 Å². The molecular formula is C15H11N3S2. The monoisotopic (exact) mass is 297 g/mol. The second kappa shape index (κ2) is 4.68. The molecule has 1 aliphatic heterocycles. The summed E-state index contributed by atoms with van der Waals surface area (Å²) >= 11 is 7.25. The summed E-state index contributed by atoms with van der Waals surface area (Å²) in [5, 5.41) is 1.13. The molecule has 3 heterocycles. The van der Waals surface area contributed by atoms with Gasteiger partial charge in [-0.1, -0.05) is 36.5 Å². The van der Waals surface area contributed by atoms with Crippen molar-refractivity contribution in [1.29, 1.82) is 0 Å². The summed E-state index contributed by atoms with van der Waals surface area (Å²) in [6.07, 6.45) is 0. The lowest BCUT2D eigenvalue weighted by atomic mass is 10.2. The van der Waals surface area contributed by atoms with Gasteiger partial charge in [-0.15, -0.1) is 0 Å². The lowest BCUT2D eigenvalue weighted by molar-refractivity contribution is 1.05. The third-order valence-corrected chi connectivity index (χ3v) is 4.76. The Morgan fingerprint density at radius 2 is 1.95 bits per heavy atom. The van der Waals surface area contributed by atoms with E-state index in [9.17, 15) is 0 Å². The van der Waals surface area contributed by atoms with Gasteiger partial charge in [0.1, 0.15) is 10.3 Å². The Kier molecular flexibility index (Phi) is 2.82. The van der Waals surface area contributed by atoms with Gasteiger partial charge in [0, 0.05) is 28.1 Å². The standard InChI is InChI=1S/C15H11N3S2/c19-15-10-7-20-8-13(10)17-14(18-15)12-6-5-9-3-1-2-4-11(9)16-12/h1-6H,7-8H2,(H,17,18,19). The van der Waals surface area contributed by atoms with E-state index >= 15 is 0 Å². The number of aromatic nitrogens is 3. The molecule has 1 N–H and O–H groups in total. The van der Waals surface area contributed by atoms with Crippen molar-refractivity contribution in [2.75, 3.05) is 0 Å². The molecule has 0 aliphatic carbocycles. The number of thioether (sulfide) groups is 1. The maximum Gasteiger partial charge on any atom is 0.157 e. The normalized spacial score (nSPS) is 13.6. The van der Waals surface area contributed by atoms with Crippen LogP contribution in [0.25, 0.3) is 22.4 Å². The molecule has 3 nitrogen and oxygen atoms in total. The van der Waals surface area contributed by atoms with Crippen LogP contribution >= 0.6 is 24.0 Å². The van der Waals surface area contributed by atoms with Gasteiger partial charge in [-0.05, 0) is 12.1 Å². The molecule has 3 aromatic rings. The molecule has 0 atom stereocenters. The highest BCUT2D eigenvalue weighted by Crippen LogP contribution is 2.30. The predicted octanol–water partition coefficient (Wildman–Crippen LogP) is 4.10. The summed E-state index contributed by atoms with van der Waals surface area (Å²) in [6, 6.07) is 12.1. The average molecular weight is 297 g/mol. The van der Waals surface area contributed by atoms with Crippen molar-refractivity contribution in [2.24, 2.45) is 0 Å². The van der Waals surface area contributed by atoms with E-state index in [-0.39, 0.29) is 0 Å². The minimum Gasteiger partial charge on any atom is -0.341 e. The molecule has 0 saturated carbocycles. The smallest absolute Gasteiger partial charge is 0.157 e. The molecule has 20 heavy (non-hydrogen) atoms. The Hall–Kier alpha value is -1.72. The number of hydrogen-bond acceptors (Lipinski definition) is 4. The quantitative estimate of drug-likeness (QED) is 0.687. The molecule has 98 valence electrons. The molecule has 0 spiro atoms. The summed E-state index contributed by atoms with van der Waals surface area (Å²) in [6.45, 7) is 0. The van der Waals surface area contributed by atoms with Crippen LogP contribution in [0.5, 0.6) is 0 Å². The van der Waals surface area contributed by atoms with Gasteiger partial charge >= 0.3 is 0 Å². The Bertz CT molecular complexity index is 870. The fourth-order valence-corrected chi connectivity index (χ4v) is 3.84. The van der Waals surface area contributed by atoms with Gasteiger partial charge in [0.05, 0.1) is 5.52 Å². The van der Waals surface area contributed by atoms with E-state index in [1.807, 2.05) is 36.0 Å². The van der Waals surface area contributed by atoms with Crippen LogP contribution in [-0.4, -0.2) is 15.0 Å². The minimum atomic E-state index is 0.703. The molecule has 0 bridgehead atoms. The Labute approximate surface area is 125 Å². The zero-order chi connectivity index (χ0) is 13.5. The van der Waals surface area contributed by atoms with Crippen LogP contribution in [-0.2, 0) is 11.5 Å². The number of nitrogens with one attached hydrogen (secondary N) is 1. The highest BCUT2D eigenvalue weighted by molar-refractivity contribution is 7.98. The van der Waals surface area contributed by atoms with Crippen LogP contribution in [0.2, 0.25) is 0 Å². The Balaban J connectivity index is 1.91. The molecule has 0 unspecified atom stereocenters. The van der Waals surface area contributed by atoms with Gasteiger partial charge in [-0.25, -0.2) is 9.97 Å². The summed E-state index contributed by atoms with van der Waals surface area (Å²) in [5.74, 6) is 2.70. The third kappa shape index (κ3) is 1.94. The Morgan fingerprint density at radius 3 is 2.90 bits per heavy atom. The molecule has 1 aromatic carbocycles. The number of fused-ring (bicyclic) bond motifs is 2. The maximum absolute atomic E-state index is 5.39. The molecule has 5 heteroatoms. The number of para-hydroxylation sites is 1. The van der Waals surface area contributed by atoms with E-state index in [0.29, 0.717) is 4.64 Å². The van der Waals surface area contributed by atoms with Crippen LogP contribution in [0.1, 0.15) is 11.3 Å². The van der Waals surface area contributed by atoms with E-state index in [1.54, 1.807) is 0 Å². The maximum atomic E-state index is 5.39. The van der Waals surface area contributed by atoms with E-state index in [0.717, 1.165) is 33.9 Å². The SMILES string of the molecule is S=c1nc(-c2ccc3ccccc3n2)[nH]c2c1CSC2. The first-order chi connectivity index (χ1) is 9.81. The van der Waals surface area contributed by atoms with Gasteiger partial charge in [0.2, 0.25) is 0 Å². The van der Waals surface area contributed by atoms with Crippen molar-refractivity contribution >= 4 is 34.9 Å². The van der Waals surface area contributed by atoms with Crippen molar-refractivity contribution < 1.29 is 0 Å². The van der Waals surface area contributed by atoms with Gasteiger partial charge in [0.15, 0.2) is 5.82 Å². The van der Waals surface area contributed by atoms with Crippen LogP contribution in [0.15, 0.2) is 36.4 Å². The highest BCUT2D eigenvalue weighted by atomic mass is 32.2.